The predicted molar refractivity (Wildman–Crippen MR) is 224 cm³/mol. The first-order chi connectivity index (χ1) is 24.8. The number of fused-ring (bicyclic) bond motifs is 2. The minimum absolute atomic E-state index is 0.842. The number of hydrogen-bond donors (Lipinski definition) is 0. The summed E-state index contributed by atoms with van der Waals surface area (Å²) in [7, 11) is -4.40. The Morgan fingerprint density at radius 2 is 0.784 bits per heavy atom. The third-order valence-electron chi connectivity index (χ3n) is 10.0. The summed E-state index contributed by atoms with van der Waals surface area (Å²) in [6.45, 7) is 8.47. The minimum Gasteiger partial charge on any atom is -0.309 e. The average Bonchev–Trinajstić information content (AvgIpc) is 3.16. The summed E-state index contributed by atoms with van der Waals surface area (Å²) < 4.78 is 16.5. The fourth-order valence-corrected chi connectivity index (χ4v) is 12.5. The molecule has 1 nitrogen and oxygen atoms in total. The van der Waals surface area contributed by atoms with Crippen molar-refractivity contribution in [2.45, 2.75) is 27.7 Å². The Balaban J connectivity index is 1.55. The molecule has 0 fully saturated rings. The van der Waals surface area contributed by atoms with Gasteiger partial charge in [-0.2, -0.15) is 0 Å². The minimum atomic E-state index is -3.40. The van der Waals surface area contributed by atoms with E-state index in [1.165, 1.54) is 37.8 Å². The van der Waals surface area contributed by atoms with Gasteiger partial charge in [-0.15, -0.1) is 0 Å². The van der Waals surface area contributed by atoms with E-state index in [0.717, 1.165) is 48.9 Å². The lowest BCUT2D eigenvalue weighted by molar-refractivity contribution is 0.592. The van der Waals surface area contributed by atoms with Gasteiger partial charge in [0.2, 0.25) is 0 Å². The van der Waals surface area contributed by atoms with E-state index in [1.54, 1.807) is 0 Å². The van der Waals surface area contributed by atoms with Crippen molar-refractivity contribution in [3.05, 3.63) is 192 Å². The van der Waals surface area contributed by atoms with Crippen LogP contribution in [0.4, 0.5) is 0 Å². The van der Waals surface area contributed by atoms with Gasteiger partial charge in [0, 0.05) is 21.5 Å². The second kappa shape index (κ2) is 13.6. The van der Waals surface area contributed by atoms with Gasteiger partial charge in [-0.3, -0.25) is 0 Å². The van der Waals surface area contributed by atoms with Crippen molar-refractivity contribution in [3.8, 4) is 11.1 Å². The Morgan fingerprint density at radius 3 is 1.25 bits per heavy atom. The van der Waals surface area contributed by atoms with Crippen LogP contribution in [0.3, 0.4) is 0 Å². The van der Waals surface area contributed by atoms with Crippen LogP contribution in [0, 0.1) is 27.7 Å². The molecule has 0 heterocycles. The van der Waals surface area contributed by atoms with Gasteiger partial charge in [-0.25, -0.2) is 0 Å². The highest BCUT2D eigenvalue weighted by Gasteiger charge is 2.35. The van der Waals surface area contributed by atoms with Crippen molar-refractivity contribution in [2.75, 3.05) is 0 Å². The molecule has 8 aromatic rings. The molecule has 0 N–H and O–H groups in total. The summed E-state index contributed by atoms with van der Waals surface area (Å²) in [6, 6.07) is 61.0. The highest BCUT2D eigenvalue weighted by atomic mass is 31.2. The number of aryl methyl sites for hydroxylation is 4. The number of rotatable bonds is 7. The lowest BCUT2D eigenvalue weighted by atomic mass is 9.93. The molecule has 0 radical (unpaired) electrons. The van der Waals surface area contributed by atoms with E-state index < -0.39 is 15.1 Å². The Kier molecular flexibility index (Phi) is 8.81. The van der Waals surface area contributed by atoms with Crippen LogP contribution in [0.25, 0.3) is 32.7 Å². The van der Waals surface area contributed by atoms with Crippen LogP contribution < -0.4 is 31.8 Å². The van der Waals surface area contributed by atoms with Crippen molar-refractivity contribution in [1.29, 1.82) is 0 Å². The van der Waals surface area contributed by atoms with Crippen LogP contribution in [0.1, 0.15) is 22.3 Å². The van der Waals surface area contributed by atoms with E-state index >= 15 is 4.57 Å². The molecule has 3 heteroatoms. The molecule has 0 bridgehead atoms. The zero-order chi connectivity index (χ0) is 35.1. The van der Waals surface area contributed by atoms with Gasteiger partial charge in [-0.1, -0.05) is 186 Å². The molecular formula is C48H40OP2. The molecule has 0 saturated heterocycles. The molecule has 0 atom stereocenters. The highest BCUT2D eigenvalue weighted by Crippen LogP contribution is 2.49. The first-order valence-corrected chi connectivity index (χ1v) is 20.6. The molecule has 0 unspecified atom stereocenters. The Labute approximate surface area is 302 Å². The highest BCUT2D eigenvalue weighted by molar-refractivity contribution is 7.85. The van der Waals surface area contributed by atoms with Gasteiger partial charge < -0.3 is 4.57 Å². The van der Waals surface area contributed by atoms with Crippen LogP contribution >= 0.6 is 15.1 Å². The topological polar surface area (TPSA) is 17.1 Å². The molecule has 248 valence electrons. The Hall–Kier alpha value is -5.06. The normalized spacial score (nSPS) is 11.8. The van der Waals surface area contributed by atoms with Crippen LogP contribution in [0.15, 0.2) is 170 Å². The zero-order valence-corrected chi connectivity index (χ0v) is 31.3. The van der Waals surface area contributed by atoms with Gasteiger partial charge in [0.1, 0.15) is 0 Å². The van der Waals surface area contributed by atoms with E-state index in [2.05, 4.69) is 198 Å². The van der Waals surface area contributed by atoms with Crippen molar-refractivity contribution >= 4 is 68.4 Å². The standard InChI is InChI=1S/C48H40OP2/c1-33-13-23-39(24-14-33)50(40-25-15-34(2)16-26-40)45-31-21-37-9-5-7-11-43(37)47(45)48-44-12-8-6-10-38(44)22-32-46(48)51(49,41-27-17-35(3)18-28-41)42-29-19-36(4)20-30-42/h5-32H,1-4H3. The van der Waals surface area contributed by atoms with Crippen LogP contribution in [-0.4, -0.2) is 0 Å². The average molecular weight is 695 g/mol. The first-order valence-electron chi connectivity index (χ1n) is 17.5. The van der Waals surface area contributed by atoms with Gasteiger partial charge in [-0.05, 0) is 84.7 Å². The number of benzene rings is 8. The molecule has 0 aliphatic rings. The van der Waals surface area contributed by atoms with E-state index in [-0.39, 0.29) is 0 Å². The maximum absolute atomic E-state index is 16.5. The maximum atomic E-state index is 16.5. The zero-order valence-electron chi connectivity index (χ0n) is 29.5. The van der Waals surface area contributed by atoms with Crippen LogP contribution in [0.2, 0.25) is 0 Å². The largest absolute Gasteiger partial charge is 0.309 e. The molecule has 0 aromatic heterocycles. The quantitative estimate of drug-likeness (QED) is 0.152. The summed E-state index contributed by atoms with van der Waals surface area (Å²) >= 11 is 0. The second-order valence-corrected chi connectivity index (χ2v) is 18.6. The Morgan fingerprint density at radius 1 is 0.392 bits per heavy atom. The number of hydrogen-bond acceptors (Lipinski definition) is 1. The molecule has 0 saturated carbocycles. The Bertz CT molecular complexity index is 2470. The van der Waals surface area contributed by atoms with Gasteiger partial charge >= 0.3 is 0 Å². The maximum Gasteiger partial charge on any atom is 0.171 e. The van der Waals surface area contributed by atoms with Gasteiger partial charge in [0.15, 0.2) is 7.14 Å². The lowest BCUT2D eigenvalue weighted by Crippen LogP contribution is -2.28. The van der Waals surface area contributed by atoms with Crippen molar-refractivity contribution in [2.24, 2.45) is 0 Å². The van der Waals surface area contributed by atoms with E-state index in [9.17, 15) is 0 Å². The fraction of sp³-hybridized carbons (Fsp3) is 0.0833. The van der Waals surface area contributed by atoms with Crippen molar-refractivity contribution in [1.82, 2.24) is 0 Å². The predicted octanol–water partition coefficient (Wildman–Crippen LogP) is 10.3. The first kappa shape index (κ1) is 33.1. The van der Waals surface area contributed by atoms with Gasteiger partial charge in [0.25, 0.3) is 0 Å². The third kappa shape index (κ3) is 6.06. The summed E-state index contributed by atoms with van der Waals surface area (Å²) in [5.41, 5.74) is 6.98. The van der Waals surface area contributed by atoms with E-state index in [4.69, 9.17) is 0 Å². The molecule has 8 aromatic carbocycles. The van der Waals surface area contributed by atoms with Crippen molar-refractivity contribution in [3.63, 3.8) is 0 Å². The molecule has 0 aliphatic carbocycles. The van der Waals surface area contributed by atoms with E-state index in [0.29, 0.717) is 0 Å². The van der Waals surface area contributed by atoms with Crippen LogP contribution in [-0.2, 0) is 4.57 Å². The molecule has 8 rings (SSSR count). The third-order valence-corrected chi connectivity index (χ3v) is 15.6. The van der Waals surface area contributed by atoms with Crippen molar-refractivity contribution < 1.29 is 4.57 Å². The summed E-state index contributed by atoms with van der Waals surface area (Å²) in [5, 5.41) is 11.0. The van der Waals surface area contributed by atoms with Crippen LogP contribution in [0.5, 0.6) is 0 Å². The molecule has 0 spiro atoms. The van der Waals surface area contributed by atoms with E-state index in [1.807, 2.05) is 0 Å². The lowest BCUT2D eigenvalue weighted by Gasteiger charge is -2.28. The summed E-state index contributed by atoms with van der Waals surface area (Å²) in [5.74, 6) is 0. The summed E-state index contributed by atoms with van der Waals surface area (Å²) in [6.07, 6.45) is 0. The summed E-state index contributed by atoms with van der Waals surface area (Å²) in [4.78, 5) is 0. The molecule has 0 amide bonds. The molecule has 0 aliphatic heterocycles. The molecular weight excluding hydrogens is 654 g/mol. The smallest absolute Gasteiger partial charge is 0.171 e. The second-order valence-electron chi connectivity index (χ2n) is 13.6. The molecule has 51 heavy (non-hydrogen) atoms. The fourth-order valence-electron chi connectivity index (χ4n) is 7.25. The monoisotopic (exact) mass is 694 g/mol. The SMILES string of the molecule is Cc1ccc(P(c2ccc(C)cc2)c2ccc3ccccc3c2-c2c(P(=O)(c3ccc(C)cc3)c3ccc(C)cc3)ccc3ccccc23)cc1. The van der Waals surface area contributed by atoms with Gasteiger partial charge in [0.05, 0.1) is 0 Å².